The van der Waals surface area contributed by atoms with E-state index in [4.69, 9.17) is 4.74 Å². The molecule has 1 aromatic rings. The highest BCUT2D eigenvalue weighted by Gasteiger charge is 2.36. The molecule has 1 aromatic heterocycles. The van der Waals surface area contributed by atoms with E-state index in [0.717, 1.165) is 0 Å². The summed E-state index contributed by atoms with van der Waals surface area (Å²) in [6.07, 6.45) is 3.46. The Kier molecular flexibility index (Phi) is 0.990. The number of imidazole rings is 1. The first-order chi connectivity index (χ1) is 4.79. The Morgan fingerprint density at radius 2 is 2.50 bits per heavy atom. The molecule has 0 saturated carbocycles. The van der Waals surface area contributed by atoms with Crippen LogP contribution in [0.1, 0.15) is 13.2 Å². The normalized spacial score (nSPS) is 30.5. The van der Waals surface area contributed by atoms with Crippen LogP contribution in [0.5, 0.6) is 0 Å². The third kappa shape index (κ3) is 0.690. The Hall–Kier alpha value is -1.03. The fourth-order valence-corrected chi connectivity index (χ4v) is 0.998. The molecule has 1 aliphatic heterocycles. The highest BCUT2D eigenvalue weighted by atomic mass is 16.6. The average Bonchev–Trinajstić information content (AvgIpc) is 2.42. The van der Waals surface area contributed by atoms with E-state index in [2.05, 4.69) is 4.98 Å². The van der Waals surface area contributed by atoms with Gasteiger partial charge in [0, 0.05) is 12.4 Å². The first kappa shape index (κ1) is 5.73. The number of hydrogen-bond acceptors (Lipinski definition) is 2. The molecular weight excluding hydrogens is 132 g/mol. The van der Waals surface area contributed by atoms with Crippen LogP contribution in [-0.2, 0) is 4.74 Å². The molecule has 1 N–H and O–H groups in total. The van der Waals surface area contributed by atoms with Gasteiger partial charge in [-0.3, -0.25) is 4.57 Å². The molecule has 2 heterocycles. The Morgan fingerprint density at radius 3 is 2.90 bits per heavy atom. The summed E-state index contributed by atoms with van der Waals surface area (Å²) in [4.78, 5) is 13.4. The number of hydrogen-bond donors (Lipinski definition) is 1. The zero-order valence-electron chi connectivity index (χ0n) is 5.57. The van der Waals surface area contributed by atoms with Crippen molar-refractivity contribution in [2.24, 2.45) is 0 Å². The lowest BCUT2D eigenvalue weighted by Gasteiger charge is -1.88. The van der Waals surface area contributed by atoms with Gasteiger partial charge in [0.2, 0.25) is 0 Å². The van der Waals surface area contributed by atoms with E-state index < -0.39 is 0 Å². The summed E-state index contributed by atoms with van der Waals surface area (Å²) >= 11 is 0. The van der Waals surface area contributed by atoms with E-state index in [-0.39, 0.29) is 18.0 Å². The van der Waals surface area contributed by atoms with Crippen LogP contribution in [0.4, 0.5) is 0 Å². The standard InChI is InChI=1S/C6H8N2O2/c1-4-5(10-4)8-3-2-7-6(8)9/h2-5H,1H3,(H,7,9). The number of nitrogens with one attached hydrogen (secondary N) is 1. The number of epoxide rings is 1. The fourth-order valence-electron chi connectivity index (χ4n) is 0.998. The monoisotopic (exact) mass is 140 g/mol. The van der Waals surface area contributed by atoms with Crippen molar-refractivity contribution < 1.29 is 4.74 Å². The van der Waals surface area contributed by atoms with Crippen LogP contribution >= 0.6 is 0 Å². The molecule has 0 amide bonds. The molecular formula is C6H8N2O2. The zero-order valence-corrected chi connectivity index (χ0v) is 5.57. The van der Waals surface area contributed by atoms with Crippen LogP contribution in [0.3, 0.4) is 0 Å². The van der Waals surface area contributed by atoms with Crippen molar-refractivity contribution in [2.75, 3.05) is 0 Å². The summed E-state index contributed by atoms with van der Waals surface area (Å²) in [5.41, 5.74) is -0.102. The lowest BCUT2D eigenvalue weighted by molar-refractivity contribution is 0.333. The van der Waals surface area contributed by atoms with Crippen molar-refractivity contribution >= 4 is 0 Å². The first-order valence-corrected chi connectivity index (χ1v) is 3.20. The summed E-state index contributed by atoms with van der Waals surface area (Å²) in [5, 5.41) is 0. The quantitative estimate of drug-likeness (QED) is 0.562. The Balaban J connectivity index is 2.35. The Labute approximate surface area is 57.4 Å². The van der Waals surface area contributed by atoms with Gasteiger partial charge in [0.25, 0.3) is 0 Å². The maximum atomic E-state index is 10.9. The van der Waals surface area contributed by atoms with Gasteiger partial charge >= 0.3 is 5.69 Å². The summed E-state index contributed by atoms with van der Waals surface area (Å²) in [5.74, 6) is 0. The minimum Gasteiger partial charge on any atom is -0.347 e. The smallest absolute Gasteiger partial charge is 0.327 e. The van der Waals surface area contributed by atoms with Crippen LogP contribution < -0.4 is 5.69 Å². The predicted octanol–water partition coefficient (Wildman–Crippen LogP) is 0.0937. The molecule has 1 fully saturated rings. The topological polar surface area (TPSA) is 50.3 Å². The van der Waals surface area contributed by atoms with Gasteiger partial charge in [0.15, 0.2) is 6.23 Å². The molecule has 0 bridgehead atoms. The number of ether oxygens (including phenoxy) is 1. The maximum absolute atomic E-state index is 10.9. The number of rotatable bonds is 1. The van der Waals surface area contributed by atoms with E-state index >= 15 is 0 Å². The van der Waals surface area contributed by atoms with Gasteiger partial charge in [0.05, 0.1) is 0 Å². The zero-order chi connectivity index (χ0) is 7.14. The molecule has 54 valence electrons. The molecule has 0 radical (unpaired) electrons. The van der Waals surface area contributed by atoms with Crippen LogP contribution in [0.15, 0.2) is 17.2 Å². The Morgan fingerprint density at radius 1 is 1.80 bits per heavy atom. The lowest BCUT2D eigenvalue weighted by Crippen LogP contribution is -2.15. The van der Waals surface area contributed by atoms with E-state index in [9.17, 15) is 4.79 Å². The van der Waals surface area contributed by atoms with Gasteiger partial charge in [-0.25, -0.2) is 4.79 Å². The molecule has 1 saturated heterocycles. The minimum atomic E-state index is -0.102. The molecule has 0 aromatic carbocycles. The third-order valence-corrected chi connectivity index (χ3v) is 1.63. The van der Waals surface area contributed by atoms with Crippen molar-refractivity contribution in [2.45, 2.75) is 19.3 Å². The second-order valence-electron chi connectivity index (χ2n) is 2.40. The molecule has 2 unspecified atom stereocenters. The number of nitrogens with zero attached hydrogens (tertiary/aromatic N) is 1. The summed E-state index contributed by atoms with van der Waals surface area (Å²) in [6, 6.07) is 0. The Bertz CT molecular complexity index is 288. The van der Waals surface area contributed by atoms with E-state index in [1.807, 2.05) is 6.92 Å². The third-order valence-electron chi connectivity index (χ3n) is 1.63. The van der Waals surface area contributed by atoms with E-state index in [1.165, 1.54) is 0 Å². The van der Waals surface area contributed by atoms with Gasteiger partial charge in [-0.05, 0) is 6.92 Å². The van der Waals surface area contributed by atoms with Gasteiger partial charge in [-0.15, -0.1) is 0 Å². The van der Waals surface area contributed by atoms with E-state index in [1.54, 1.807) is 17.0 Å². The van der Waals surface area contributed by atoms with Crippen molar-refractivity contribution in [3.05, 3.63) is 22.9 Å². The second kappa shape index (κ2) is 1.73. The van der Waals surface area contributed by atoms with Crippen molar-refractivity contribution in [1.82, 2.24) is 9.55 Å². The fraction of sp³-hybridized carbons (Fsp3) is 0.500. The molecule has 2 atom stereocenters. The average molecular weight is 140 g/mol. The van der Waals surface area contributed by atoms with Crippen LogP contribution in [0.2, 0.25) is 0 Å². The van der Waals surface area contributed by atoms with E-state index in [0.29, 0.717) is 0 Å². The minimum absolute atomic E-state index is 0.0289. The number of aromatic nitrogens is 2. The van der Waals surface area contributed by atoms with Crippen molar-refractivity contribution in [3.63, 3.8) is 0 Å². The maximum Gasteiger partial charge on any atom is 0.327 e. The number of aromatic amines is 1. The molecule has 0 aliphatic carbocycles. The van der Waals surface area contributed by atoms with Gasteiger partial charge in [-0.1, -0.05) is 0 Å². The van der Waals surface area contributed by atoms with Crippen molar-refractivity contribution in [1.29, 1.82) is 0 Å². The van der Waals surface area contributed by atoms with Gasteiger partial charge in [-0.2, -0.15) is 0 Å². The summed E-state index contributed by atoms with van der Waals surface area (Å²) in [7, 11) is 0. The summed E-state index contributed by atoms with van der Waals surface area (Å²) in [6.45, 7) is 1.93. The molecule has 2 rings (SSSR count). The SMILES string of the molecule is CC1OC1n1cc[nH]c1=O. The lowest BCUT2D eigenvalue weighted by atomic mass is 10.5. The molecule has 0 spiro atoms. The molecule has 4 heteroatoms. The molecule has 1 aliphatic rings. The molecule has 4 nitrogen and oxygen atoms in total. The van der Waals surface area contributed by atoms with Gasteiger partial charge in [0.1, 0.15) is 6.10 Å². The largest absolute Gasteiger partial charge is 0.347 e. The summed E-state index contributed by atoms with van der Waals surface area (Å²) < 4.78 is 6.63. The van der Waals surface area contributed by atoms with Crippen LogP contribution in [0, 0.1) is 0 Å². The van der Waals surface area contributed by atoms with Crippen molar-refractivity contribution in [3.8, 4) is 0 Å². The van der Waals surface area contributed by atoms with Gasteiger partial charge < -0.3 is 9.72 Å². The first-order valence-electron chi connectivity index (χ1n) is 3.20. The van der Waals surface area contributed by atoms with Crippen LogP contribution in [0.25, 0.3) is 0 Å². The molecule has 10 heavy (non-hydrogen) atoms. The van der Waals surface area contributed by atoms with Crippen LogP contribution in [-0.4, -0.2) is 15.7 Å². The highest BCUT2D eigenvalue weighted by molar-refractivity contribution is 4.86. The predicted molar refractivity (Wildman–Crippen MR) is 34.6 cm³/mol. The number of H-pyrrole nitrogens is 1. The second-order valence-corrected chi connectivity index (χ2v) is 2.40. The highest BCUT2D eigenvalue weighted by Crippen LogP contribution is 2.30.